The summed E-state index contributed by atoms with van der Waals surface area (Å²) in [6.07, 6.45) is 3.98. The molecule has 4 rings (SSSR count). The van der Waals surface area contributed by atoms with Crippen LogP contribution in [0.1, 0.15) is 67.4 Å². The first kappa shape index (κ1) is 22.9. The van der Waals surface area contributed by atoms with E-state index in [2.05, 4.69) is 97.5 Å². The zero-order valence-corrected chi connectivity index (χ0v) is 20.6. The van der Waals surface area contributed by atoms with Gasteiger partial charge in [-0.2, -0.15) is 0 Å². The number of para-hydroxylation sites is 1. The number of aromatic nitrogens is 1. The lowest BCUT2D eigenvalue weighted by atomic mass is 9.50. The average molecular weight is 425 g/mol. The standard InChI is InChI=1S/C24H37B2NO4/c1-21(2)22(3,4)29-25(28-21)20(26-30-23(5,6)24(7,8)31-26)15-14-17-16-27(9)19-13-11-10-12-18(17)19/h10-13,16,20H,14-15H2,1-9H3. The molecular weight excluding hydrogens is 388 g/mol. The first-order valence-electron chi connectivity index (χ1n) is 11.5. The summed E-state index contributed by atoms with van der Waals surface area (Å²) in [4.78, 5) is 0. The third kappa shape index (κ3) is 3.88. The van der Waals surface area contributed by atoms with E-state index in [1.807, 2.05) is 0 Å². The van der Waals surface area contributed by atoms with Crippen LogP contribution in [0.25, 0.3) is 10.9 Å². The minimum Gasteiger partial charge on any atom is -0.403 e. The molecule has 3 heterocycles. The van der Waals surface area contributed by atoms with Gasteiger partial charge in [-0.1, -0.05) is 18.2 Å². The summed E-state index contributed by atoms with van der Waals surface area (Å²) >= 11 is 0. The fourth-order valence-electron chi connectivity index (χ4n) is 4.47. The van der Waals surface area contributed by atoms with Crippen LogP contribution in [0.15, 0.2) is 30.5 Å². The van der Waals surface area contributed by atoms with Crippen molar-refractivity contribution in [1.29, 1.82) is 0 Å². The molecule has 5 nitrogen and oxygen atoms in total. The highest BCUT2D eigenvalue weighted by Crippen LogP contribution is 2.46. The Labute approximate surface area is 188 Å². The van der Waals surface area contributed by atoms with Crippen molar-refractivity contribution in [2.45, 2.75) is 96.4 Å². The van der Waals surface area contributed by atoms with E-state index < -0.39 is 0 Å². The van der Waals surface area contributed by atoms with E-state index >= 15 is 0 Å². The normalized spacial score (nSPS) is 23.9. The van der Waals surface area contributed by atoms with Gasteiger partial charge in [-0.05, 0) is 79.9 Å². The van der Waals surface area contributed by atoms with Gasteiger partial charge in [0.2, 0.25) is 0 Å². The molecule has 0 saturated carbocycles. The van der Waals surface area contributed by atoms with Crippen molar-refractivity contribution >= 4 is 25.1 Å². The van der Waals surface area contributed by atoms with Gasteiger partial charge >= 0.3 is 14.2 Å². The molecule has 7 heteroatoms. The maximum Gasteiger partial charge on any atom is 0.458 e. The van der Waals surface area contributed by atoms with Crippen LogP contribution in [0, 0.1) is 0 Å². The molecule has 0 amide bonds. The highest BCUT2D eigenvalue weighted by atomic mass is 16.7. The van der Waals surface area contributed by atoms with E-state index in [4.69, 9.17) is 18.6 Å². The van der Waals surface area contributed by atoms with Gasteiger partial charge in [-0.3, -0.25) is 0 Å². The van der Waals surface area contributed by atoms with Crippen molar-refractivity contribution in [3.8, 4) is 0 Å². The van der Waals surface area contributed by atoms with Crippen LogP contribution < -0.4 is 0 Å². The van der Waals surface area contributed by atoms with Crippen molar-refractivity contribution in [3.05, 3.63) is 36.0 Å². The number of nitrogens with zero attached hydrogens (tertiary/aromatic N) is 1. The average Bonchev–Trinajstić information content (AvgIpc) is 3.15. The quantitative estimate of drug-likeness (QED) is 0.618. The molecule has 2 fully saturated rings. The Hall–Kier alpha value is -1.27. The van der Waals surface area contributed by atoms with Crippen LogP contribution >= 0.6 is 0 Å². The molecule has 2 aliphatic rings. The zero-order valence-electron chi connectivity index (χ0n) is 20.6. The number of benzene rings is 1. The van der Waals surface area contributed by atoms with Gasteiger partial charge in [0.15, 0.2) is 0 Å². The van der Waals surface area contributed by atoms with Gasteiger partial charge < -0.3 is 23.2 Å². The number of fused-ring (bicyclic) bond motifs is 1. The van der Waals surface area contributed by atoms with Crippen LogP contribution in [-0.2, 0) is 32.1 Å². The number of hydrogen-bond donors (Lipinski definition) is 0. The molecule has 1 aromatic carbocycles. The lowest BCUT2D eigenvalue weighted by molar-refractivity contribution is 0.00578. The monoisotopic (exact) mass is 425 g/mol. The van der Waals surface area contributed by atoms with E-state index in [1.54, 1.807) is 0 Å². The Morgan fingerprint density at radius 1 is 0.774 bits per heavy atom. The molecule has 2 aromatic rings. The van der Waals surface area contributed by atoms with Crippen molar-refractivity contribution < 1.29 is 18.6 Å². The highest BCUT2D eigenvalue weighted by Gasteiger charge is 2.61. The van der Waals surface area contributed by atoms with Crippen LogP contribution in [0.3, 0.4) is 0 Å². The summed E-state index contributed by atoms with van der Waals surface area (Å²) in [5.74, 6) is 0. The Bertz CT molecular complexity index is 898. The van der Waals surface area contributed by atoms with E-state index in [1.165, 1.54) is 16.5 Å². The van der Waals surface area contributed by atoms with Gasteiger partial charge in [0.25, 0.3) is 0 Å². The van der Waals surface area contributed by atoms with Crippen molar-refractivity contribution in [2.75, 3.05) is 0 Å². The van der Waals surface area contributed by atoms with Gasteiger partial charge in [0.05, 0.1) is 22.4 Å². The number of rotatable bonds is 5. The summed E-state index contributed by atoms with van der Waals surface area (Å²) in [7, 11) is 1.34. The van der Waals surface area contributed by atoms with Gasteiger partial charge in [0, 0.05) is 29.9 Å². The predicted octanol–water partition coefficient (Wildman–Crippen LogP) is 5.20. The third-order valence-electron chi connectivity index (χ3n) is 7.97. The fraction of sp³-hybridized carbons (Fsp3) is 0.667. The number of hydrogen-bond acceptors (Lipinski definition) is 4. The van der Waals surface area contributed by atoms with E-state index in [0.717, 1.165) is 12.8 Å². The summed E-state index contributed by atoms with van der Waals surface area (Å²) in [5, 5.41) is 1.30. The van der Waals surface area contributed by atoms with Crippen LogP contribution in [0.5, 0.6) is 0 Å². The lowest BCUT2D eigenvalue weighted by Gasteiger charge is -2.32. The van der Waals surface area contributed by atoms with Crippen LogP contribution in [-0.4, -0.2) is 41.2 Å². The van der Waals surface area contributed by atoms with E-state index in [-0.39, 0.29) is 42.4 Å². The summed E-state index contributed by atoms with van der Waals surface area (Å²) in [6, 6.07) is 8.55. The summed E-state index contributed by atoms with van der Waals surface area (Å²) in [5.41, 5.74) is 0.980. The van der Waals surface area contributed by atoms with Gasteiger partial charge in [0.1, 0.15) is 0 Å². The first-order chi connectivity index (χ1) is 14.2. The molecule has 0 aliphatic carbocycles. The van der Waals surface area contributed by atoms with E-state index in [9.17, 15) is 0 Å². The minimum atomic E-state index is -0.390. The molecule has 2 saturated heterocycles. The molecule has 168 valence electrons. The topological polar surface area (TPSA) is 41.9 Å². The SMILES string of the molecule is Cn1cc(CCC(B2OC(C)(C)C(C)(C)O2)B2OC(C)(C)C(C)(C)O2)c2ccccc21. The Balaban J connectivity index is 1.62. The van der Waals surface area contributed by atoms with Crippen molar-refractivity contribution in [3.63, 3.8) is 0 Å². The largest absolute Gasteiger partial charge is 0.458 e. The molecule has 0 unspecified atom stereocenters. The second kappa shape index (κ2) is 7.38. The maximum absolute atomic E-state index is 6.47. The molecule has 0 atom stereocenters. The first-order valence-corrected chi connectivity index (χ1v) is 11.5. The summed E-state index contributed by atoms with van der Waals surface area (Å²) in [6.45, 7) is 16.8. The maximum atomic E-state index is 6.47. The summed E-state index contributed by atoms with van der Waals surface area (Å²) < 4.78 is 28.1. The molecule has 31 heavy (non-hydrogen) atoms. The molecule has 0 spiro atoms. The Kier molecular flexibility index (Phi) is 5.45. The third-order valence-corrected chi connectivity index (χ3v) is 7.97. The molecule has 1 aromatic heterocycles. The highest BCUT2D eigenvalue weighted by molar-refractivity contribution is 6.68. The van der Waals surface area contributed by atoms with Crippen molar-refractivity contribution in [2.24, 2.45) is 7.05 Å². The smallest absolute Gasteiger partial charge is 0.403 e. The molecular formula is C24H37B2NO4. The minimum absolute atomic E-state index is 0.0407. The fourth-order valence-corrected chi connectivity index (χ4v) is 4.47. The second-order valence-corrected chi connectivity index (χ2v) is 11.2. The molecule has 0 radical (unpaired) electrons. The molecule has 0 N–H and O–H groups in total. The predicted molar refractivity (Wildman–Crippen MR) is 127 cm³/mol. The van der Waals surface area contributed by atoms with Crippen LogP contribution in [0.4, 0.5) is 0 Å². The number of aryl methyl sites for hydroxylation is 2. The molecule has 2 aliphatic heterocycles. The van der Waals surface area contributed by atoms with Crippen molar-refractivity contribution in [1.82, 2.24) is 4.57 Å². The Morgan fingerprint density at radius 2 is 1.23 bits per heavy atom. The zero-order chi connectivity index (χ0) is 22.8. The van der Waals surface area contributed by atoms with Gasteiger partial charge in [-0.25, -0.2) is 0 Å². The second-order valence-electron chi connectivity index (χ2n) is 11.2. The van der Waals surface area contributed by atoms with Gasteiger partial charge in [-0.15, -0.1) is 0 Å². The molecule has 0 bridgehead atoms. The van der Waals surface area contributed by atoms with E-state index in [0.29, 0.717) is 0 Å². The van der Waals surface area contributed by atoms with Crippen LogP contribution in [0.2, 0.25) is 5.72 Å². The lowest BCUT2D eigenvalue weighted by Crippen LogP contribution is -2.41. The Morgan fingerprint density at radius 3 is 1.71 bits per heavy atom.